The summed E-state index contributed by atoms with van der Waals surface area (Å²) in [6.07, 6.45) is 3.59. The van der Waals surface area contributed by atoms with E-state index < -0.39 is 0 Å². The van der Waals surface area contributed by atoms with Gasteiger partial charge in [0.15, 0.2) is 0 Å². The predicted molar refractivity (Wildman–Crippen MR) is 48.6 cm³/mol. The standard InChI is InChI=1S/C8H8Cl2N2/c9-6-4-7(10)12-8(11-6)5-2-1-3-5/h4-5H,1-3H2. The highest BCUT2D eigenvalue weighted by molar-refractivity contribution is 6.33. The largest absolute Gasteiger partial charge is 0.221 e. The Labute approximate surface area is 80.9 Å². The van der Waals surface area contributed by atoms with Crippen molar-refractivity contribution < 1.29 is 0 Å². The molecule has 4 heteroatoms. The summed E-state index contributed by atoms with van der Waals surface area (Å²) in [5.74, 6) is 1.29. The topological polar surface area (TPSA) is 25.8 Å². The van der Waals surface area contributed by atoms with Crippen LogP contribution >= 0.6 is 23.2 Å². The minimum Gasteiger partial charge on any atom is -0.221 e. The highest BCUT2D eigenvalue weighted by Gasteiger charge is 2.22. The van der Waals surface area contributed by atoms with Crippen molar-refractivity contribution in [2.75, 3.05) is 0 Å². The lowest BCUT2D eigenvalue weighted by molar-refractivity contribution is 0.401. The molecule has 1 saturated carbocycles. The zero-order chi connectivity index (χ0) is 8.55. The number of nitrogens with zero attached hydrogens (tertiary/aromatic N) is 2. The molecule has 12 heavy (non-hydrogen) atoms. The molecule has 0 unspecified atom stereocenters. The van der Waals surface area contributed by atoms with E-state index >= 15 is 0 Å². The van der Waals surface area contributed by atoms with E-state index in [4.69, 9.17) is 23.2 Å². The first-order chi connectivity index (χ1) is 5.75. The van der Waals surface area contributed by atoms with Gasteiger partial charge in [-0.3, -0.25) is 0 Å². The van der Waals surface area contributed by atoms with Crippen molar-refractivity contribution in [3.8, 4) is 0 Å². The van der Waals surface area contributed by atoms with Crippen LogP contribution in [0.1, 0.15) is 31.0 Å². The Balaban J connectivity index is 2.30. The summed E-state index contributed by atoms with van der Waals surface area (Å²) in [6, 6.07) is 1.56. The SMILES string of the molecule is Clc1cc(Cl)nc(C2CCC2)n1. The van der Waals surface area contributed by atoms with E-state index in [9.17, 15) is 0 Å². The number of hydrogen-bond donors (Lipinski definition) is 0. The second-order valence-corrected chi connectivity index (χ2v) is 3.77. The van der Waals surface area contributed by atoms with Gasteiger partial charge in [0, 0.05) is 12.0 Å². The van der Waals surface area contributed by atoms with Gasteiger partial charge >= 0.3 is 0 Å². The van der Waals surface area contributed by atoms with E-state index in [1.54, 1.807) is 6.07 Å². The van der Waals surface area contributed by atoms with Crippen molar-refractivity contribution in [3.05, 3.63) is 22.2 Å². The zero-order valence-electron chi connectivity index (χ0n) is 6.43. The van der Waals surface area contributed by atoms with Crippen LogP contribution in [0.15, 0.2) is 6.07 Å². The van der Waals surface area contributed by atoms with Crippen molar-refractivity contribution >= 4 is 23.2 Å². The average Bonchev–Trinajstić information content (AvgIpc) is 1.79. The fourth-order valence-electron chi connectivity index (χ4n) is 1.26. The van der Waals surface area contributed by atoms with E-state index in [1.165, 1.54) is 6.42 Å². The lowest BCUT2D eigenvalue weighted by atomic mass is 9.85. The Morgan fingerprint density at radius 1 is 1.17 bits per heavy atom. The molecule has 0 bridgehead atoms. The van der Waals surface area contributed by atoms with Gasteiger partial charge in [-0.25, -0.2) is 9.97 Å². The number of halogens is 2. The molecule has 0 spiro atoms. The Kier molecular flexibility index (Phi) is 2.20. The highest BCUT2D eigenvalue weighted by atomic mass is 35.5. The Hall–Kier alpha value is -0.340. The van der Waals surface area contributed by atoms with Gasteiger partial charge in [0.1, 0.15) is 16.1 Å². The molecule has 64 valence electrons. The molecule has 1 fully saturated rings. The van der Waals surface area contributed by atoms with Crippen LogP contribution in [-0.4, -0.2) is 9.97 Å². The first kappa shape index (κ1) is 8.27. The summed E-state index contributed by atoms with van der Waals surface area (Å²) in [5, 5.41) is 0.883. The Bertz CT molecular complexity index is 277. The van der Waals surface area contributed by atoms with Gasteiger partial charge in [0.2, 0.25) is 0 Å². The van der Waals surface area contributed by atoms with Crippen molar-refractivity contribution in [1.29, 1.82) is 0 Å². The molecule has 0 radical (unpaired) electrons. The Morgan fingerprint density at radius 2 is 1.75 bits per heavy atom. The lowest BCUT2D eigenvalue weighted by Gasteiger charge is -2.23. The number of aromatic nitrogens is 2. The molecule has 0 atom stereocenters. The van der Waals surface area contributed by atoms with Crippen LogP contribution in [0.4, 0.5) is 0 Å². The first-order valence-corrected chi connectivity index (χ1v) is 4.71. The highest BCUT2D eigenvalue weighted by Crippen LogP contribution is 2.35. The molecule has 1 heterocycles. The van der Waals surface area contributed by atoms with E-state index in [-0.39, 0.29) is 0 Å². The summed E-state index contributed by atoms with van der Waals surface area (Å²) < 4.78 is 0. The fraction of sp³-hybridized carbons (Fsp3) is 0.500. The maximum absolute atomic E-state index is 5.74. The molecule has 2 rings (SSSR count). The second-order valence-electron chi connectivity index (χ2n) is 3.00. The Morgan fingerprint density at radius 3 is 2.17 bits per heavy atom. The molecule has 1 aliphatic carbocycles. The predicted octanol–water partition coefficient (Wildman–Crippen LogP) is 3.05. The molecule has 0 amide bonds. The summed E-state index contributed by atoms with van der Waals surface area (Å²) in [6.45, 7) is 0. The van der Waals surface area contributed by atoms with Crippen molar-refractivity contribution in [1.82, 2.24) is 9.97 Å². The third kappa shape index (κ3) is 1.54. The normalized spacial score (nSPS) is 17.5. The summed E-state index contributed by atoms with van der Waals surface area (Å²) in [4.78, 5) is 8.25. The van der Waals surface area contributed by atoms with Gasteiger partial charge in [-0.15, -0.1) is 0 Å². The summed E-state index contributed by atoms with van der Waals surface area (Å²) in [5.41, 5.74) is 0. The summed E-state index contributed by atoms with van der Waals surface area (Å²) >= 11 is 11.5. The van der Waals surface area contributed by atoms with Gasteiger partial charge in [0.05, 0.1) is 0 Å². The van der Waals surface area contributed by atoms with Crippen LogP contribution in [0, 0.1) is 0 Å². The molecular formula is C8H8Cl2N2. The number of hydrogen-bond acceptors (Lipinski definition) is 2. The molecule has 0 aromatic carbocycles. The molecule has 1 aromatic heterocycles. The van der Waals surface area contributed by atoms with Crippen LogP contribution < -0.4 is 0 Å². The minimum atomic E-state index is 0.442. The third-order valence-corrected chi connectivity index (χ3v) is 2.54. The second kappa shape index (κ2) is 3.19. The third-order valence-electron chi connectivity index (χ3n) is 2.15. The van der Waals surface area contributed by atoms with Gasteiger partial charge in [-0.2, -0.15) is 0 Å². The van der Waals surface area contributed by atoms with Gasteiger partial charge in [-0.05, 0) is 12.8 Å². The minimum absolute atomic E-state index is 0.442. The smallest absolute Gasteiger partial charge is 0.134 e. The van der Waals surface area contributed by atoms with Gasteiger partial charge < -0.3 is 0 Å². The zero-order valence-corrected chi connectivity index (χ0v) is 7.94. The fourth-order valence-corrected chi connectivity index (χ4v) is 1.69. The summed E-state index contributed by atoms with van der Waals surface area (Å²) in [7, 11) is 0. The average molecular weight is 203 g/mol. The first-order valence-electron chi connectivity index (χ1n) is 3.95. The van der Waals surface area contributed by atoms with E-state index in [1.807, 2.05) is 0 Å². The van der Waals surface area contributed by atoms with Crippen LogP contribution in [0.25, 0.3) is 0 Å². The maximum Gasteiger partial charge on any atom is 0.134 e. The number of rotatable bonds is 1. The maximum atomic E-state index is 5.74. The molecule has 0 aliphatic heterocycles. The van der Waals surface area contributed by atoms with E-state index in [0.29, 0.717) is 16.2 Å². The van der Waals surface area contributed by atoms with Crippen LogP contribution in [0.3, 0.4) is 0 Å². The molecule has 2 nitrogen and oxygen atoms in total. The molecule has 0 N–H and O–H groups in total. The van der Waals surface area contributed by atoms with Crippen molar-refractivity contribution in [3.63, 3.8) is 0 Å². The van der Waals surface area contributed by atoms with E-state index in [2.05, 4.69) is 9.97 Å². The van der Waals surface area contributed by atoms with Crippen molar-refractivity contribution in [2.45, 2.75) is 25.2 Å². The lowest BCUT2D eigenvalue weighted by Crippen LogP contribution is -2.12. The van der Waals surface area contributed by atoms with E-state index in [0.717, 1.165) is 18.7 Å². The quantitative estimate of drug-likeness (QED) is 0.655. The monoisotopic (exact) mass is 202 g/mol. The van der Waals surface area contributed by atoms with Crippen molar-refractivity contribution in [2.24, 2.45) is 0 Å². The van der Waals surface area contributed by atoms with Gasteiger partial charge in [-0.1, -0.05) is 29.6 Å². The molecular weight excluding hydrogens is 195 g/mol. The van der Waals surface area contributed by atoms with Crippen LogP contribution in [0.2, 0.25) is 10.3 Å². The van der Waals surface area contributed by atoms with Crippen LogP contribution in [-0.2, 0) is 0 Å². The van der Waals surface area contributed by atoms with Crippen LogP contribution in [0.5, 0.6) is 0 Å². The van der Waals surface area contributed by atoms with Gasteiger partial charge in [0.25, 0.3) is 0 Å². The molecule has 1 aromatic rings. The molecule has 1 aliphatic rings. The molecule has 0 saturated heterocycles.